The summed E-state index contributed by atoms with van der Waals surface area (Å²) in [5, 5.41) is 23.8. The fourth-order valence-corrected chi connectivity index (χ4v) is 1.60. The van der Waals surface area contributed by atoms with Crippen molar-refractivity contribution in [3.05, 3.63) is 64.2 Å². The number of benzene rings is 2. The minimum Gasteiger partial charge on any atom is -0.508 e. The van der Waals surface area contributed by atoms with E-state index in [0.717, 1.165) is 0 Å². The molecule has 6 nitrogen and oxygen atoms in total. The van der Waals surface area contributed by atoms with Crippen molar-refractivity contribution in [1.29, 1.82) is 0 Å². The monoisotopic (exact) mass is 291 g/mol. The molecule has 2 aromatic carbocycles. The number of anilines is 1. The van der Waals surface area contributed by atoms with Crippen LogP contribution in [-0.2, 0) is 0 Å². The molecule has 0 fully saturated rings. The van der Waals surface area contributed by atoms with Crippen LogP contribution in [0.15, 0.2) is 53.6 Å². The predicted octanol–water partition coefficient (Wildman–Crippen LogP) is 3.31. The number of nitrogens with zero attached hydrogens (tertiary/aromatic N) is 2. The Bertz CT molecular complexity index is 639. The summed E-state index contributed by atoms with van der Waals surface area (Å²) in [5.74, 6) is 0.154. The summed E-state index contributed by atoms with van der Waals surface area (Å²) in [4.78, 5) is 10.0. The molecular formula is C13H10ClN3O3. The fraction of sp³-hybridized carbons (Fsp3) is 0. The molecule has 0 atom stereocenters. The third kappa shape index (κ3) is 3.46. The van der Waals surface area contributed by atoms with Crippen LogP contribution in [0.1, 0.15) is 5.56 Å². The van der Waals surface area contributed by atoms with Gasteiger partial charge >= 0.3 is 0 Å². The summed E-state index contributed by atoms with van der Waals surface area (Å²) >= 11 is 5.99. The van der Waals surface area contributed by atoms with Crippen molar-refractivity contribution in [3.8, 4) is 5.75 Å². The molecule has 2 rings (SSSR count). The van der Waals surface area contributed by atoms with E-state index in [-0.39, 0.29) is 16.6 Å². The normalized spacial score (nSPS) is 11.2. The second kappa shape index (κ2) is 6.03. The molecule has 0 bridgehead atoms. The molecule has 0 amide bonds. The number of phenolic OH excluding ortho intramolecular Hbond substituents is 1. The molecule has 2 aromatic rings. The molecule has 2 N–H and O–H groups in total. The van der Waals surface area contributed by atoms with E-state index in [1.807, 2.05) is 0 Å². The van der Waals surface area contributed by atoms with E-state index in [1.165, 1.54) is 36.4 Å². The Kier molecular flexibility index (Phi) is 4.17. The quantitative estimate of drug-likeness (QED) is 0.391. The standard InChI is InChI=1S/C13H10ClN3O3/c14-13(9-1-5-11(6-2-9)17(19)20)16-15-10-3-7-12(18)8-4-10/h1-8,15,18H/b16-13+. The van der Waals surface area contributed by atoms with E-state index in [1.54, 1.807) is 12.1 Å². The number of hydrazone groups is 1. The fourth-order valence-electron chi connectivity index (χ4n) is 1.43. The topological polar surface area (TPSA) is 87.8 Å². The lowest BCUT2D eigenvalue weighted by molar-refractivity contribution is -0.384. The molecular weight excluding hydrogens is 282 g/mol. The van der Waals surface area contributed by atoms with Crippen LogP contribution in [0.5, 0.6) is 5.75 Å². The molecule has 102 valence electrons. The van der Waals surface area contributed by atoms with Crippen LogP contribution in [0, 0.1) is 10.1 Å². The first kappa shape index (κ1) is 13.8. The van der Waals surface area contributed by atoms with Gasteiger partial charge in [-0.2, -0.15) is 5.10 Å². The molecule has 0 saturated carbocycles. The number of rotatable bonds is 4. The summed E-state index contributed by atoms with van der Waals surface area (Å²) in [5.41, 5.74) is 3.92. The molecule has 20 heavy (non-hydrogen) atoms. The first-order valence-corrected chi connectivity index (χ1v) is 5.97. The number of nitro groups is 1. The average Bonchev–Trinajstić information content (AvgIpc) is 2.46. The zero-order valence-electron chi connectivity index (χ0n) is 10.2. The third-order valence-electron chi connectivity index (χ3n) is 2.47. The van der Waals surface area contributed by atoms with E-state index in [9.17, 15) is 10.1 Å². The van der Waals surface area contributed by atoms with Gasteiger partial charge in [0.1, 0.15) is 5.75 Å². The maximum Gasteiger partial charge on any atom is 0.269 e. The summed E-state index contributed by atoms with van der Waals surface area (Å²) in [6.07, 6.45) is 0. The van der Waals surface area contributed by atoms with Gasteiger partial charge in [0.05, 0.1) is 10.6 Å². The van der Waals surface area contributed by atoms with E-state index in [2.05, 4.69) is 10.5 Å². The van der Waals surface area contributed by atoms with Gasteiger partial charge in [-0.1, -0.05) is 11.6 Å². The highest BCUT2D eigenvalue weighted by molar-refractivity contribution is 6.69. The Balaban J connectivity index is 2.09. The highest BCUT2D eigenvalue weighted by Gasteiger charge is 2.06. The van der Waals surface area contributed by atoms with Crippen LogP contribution < -0.4 is 5.43 Å². The maximum atomic E-state index is 10.5. The van der Waals surface area contributed by atoms with Gasteiger partial charge in [-0.25, -0.2) is 0 Å². The van der Waals surface area contributed by atoms with Crippen LogP contribution in [-0.4, -0.2) is 15.2 Å². The Morgan fingerprint density at radius 2 is 1.75 bits per heavy atom. The van der Waals surface area contributed by atoms with Gasteiger partial charge in [0, 0.05) is 17.7 Å². The predicted molar refractivity (Wildman–Crippen MR) is 77.2 cm³/mol. The van der Waals surface area contributed by atoms with Gasteiger partial charge in [-0.3, -0.25) is 15.5 Å². The van der Waals surface area contributed by atoms with Gasteiger partial charge in [0.15, 0.2) is 5.17 Å². The Labute approximate surface area is 119 Å². The van der Waals surface area contributed by atoms with Crippen molar-refractivity contribution in [2.24, 2.45) is 5.10 Å². The molecule has 0 saturated heterocycles. The van der Waals surface area contributed by atoms with Gasteiger partial charge in [0.25, 0.3) is 5.69 Å². The van der Waals surface area contributed by atoms with Crippen molar-refractivity contribution >= 4 is 28.1 Å². The molecule has 0 spiro atoms. The Morgan fingerprint density at radius 1 is 1.15 bits per heavy atom. The van der Waals surface area contributed by atoms with Crippen molar-refractivity contribution in [2.75, 3.05) is 5.43 Å². The number of non-ortho nitro benzene ring substituents is 1. The minimum absolute atomic E-state index is 0.00953. The first-order chi connectivity index (χ1) is 9.56. The average molecular weight is 292 g/mol. The van der Waals surface area contributed by atoms with Crippen LogP contribution >= 0.6 is 11.6 Å². The van der Waals surface area contributed by atoms with E-state index >= 15 is 0 Å². The molecule has 0 aliphatic rings. The zero-order valence-corrected chi connectivity index (χ0v) is 10.9. The first-order valence-electron chi connectivity index (χ1n) is 5.59. The third-order valence-corrected chi connectivity index (χ3v) is 2.77. The highest BCUT2D eigenvalue weighted by Crippen LogP contribution is 2.16. The van der Waals surface area contributed by atoms with Crippen molar-refractivity contribution in [1.82, 2.24) is 0 Å². The summed E-state index contributed by atoms with van der Waals surface area (Å²) in [6.45, 7) is 0. The van der Waals surface area contributed by atoms with Crippen LogP contribution in [0.3, 0.4) is 0 Å². The number of hydrogen-bond donors (Lipinski definition) is 2. The molecule has 7 heteroatoms. The number of aromatic hydroxyl groups is 1. The molecule has 0 heterocycles. The van der Waals surface area contributed by atoms with Crippen molar-refractivity contribution in [3.63, 3.8) is 0 Å². The zero-order chi connectivity index (χ0) is 14.5. The number of phenols is 1. The Morgan fingerprint density at radius 3 is 2.30 bits per heavy atom. The minimum atomic E-state index is -0.483. The van der Waals surface area contributed by atoms with Crippen molar-refractivity contribution < 1.29 is 10.0 Å². The van der Waals surface area contributed by atoms with Crippen LogP contribution in [0.25, 0.3) is 0 Å². The molecule has 0 aliphatic heterocycles. The largest absolute Gasteiger partial charge is 0.508 e. The Hall–Kier alpha value is -2.60. The van der Waals surface area contributed by atoms with Gasteiger partial charge in [-0.05, 0) is 36.4 Å². The molecule has 0 radical (unpaired) electrons. The van der Waals surface area contributed by atoms with E-state index < -0.39 is 4.92 Å². The van der Waals surface area contributed by atoms with Gasteiger partial charge in [-0.15, -0.1) is 0 Å². The lowest BCUT2D eigenvalue weighted by atomic mass is 10.2. The second-order valence-electron chi connectivity index (χ2n) is 3.87. The SMILES string of the molecule is O=[N+]([O-])c1ccc(/C(Cl)=N\Nc2ccc(O)cc2)cc1. The van der Waals surface area contributed by atoms with Crippen molar-refractivity contribution in [2.45, 2.75) is 0 Å². The highest BCUT2D eigenvalue weighted by atomic mass is 35.5. The number of halogens is 1. The van der Waals surface area contributed by atoms with Gasteiger partial charge in [0.2, 0.25) is 0 Å². The summed E-state index contributed by atoms with van der Waals surface area (Å²) in [7, 11) is 0. The second-order valence-corrected chi connectivity index (χ2v) is 4.22. The number of nitro benzene ring substituents is 1. The van der Waals surface area contributed by atoms with E-state index in [0.29, 0.717) is 11.3 Å². The lowest BCUT2D eigenvalue weighted by Gasteiger charge is -2.02. The number of hydrogen-bond acceptors (Lipinski definition) is 5. The van der Waals surface area contributed by atoms with Crippen LogP contribution in [0.2, 0.25) is 0 Å². The molecule has 0 aliphatic carbocycles. The van der Waals surface area contributed by atoms with E-state index in [4.69, 9.17) is 16.7 Å². The smallest absolute Gasteiger partial charge is 0.269 e. The maximum absolute atomic E-state index is 10.5. The molecule has 0 aromatic heterocycles. The summed E-state index contributed by atoms with van der Waals surface area (Å²) < 4.78 is 0. The lowest BCUT2D eigenvalue weighted by Crippen LogP contribution is -1.97. The van der Waals surface area contributed by atoms with Crippen LogP contribution in [0.4, 0.5) is 11.4 Å². The number of nitrogens with one attached hydrogen (secondary N) is 1. The molecule has 0 unspecified atom stereocenters. The summed E-state index contributed by atoms with van der Waals surface area (Å²) in [6, 6.07) is 12.0. The van der Waals surface area contributed by atoms with Gasteiger partial charge < -0.3 is 5.11 Å².